The molecule has 6 heteroatoms. The predicted octanol–water partition coefficient (Wildman–Crippen LogP) is 5.59. The highest BCUT2D eigenvalue weighted by atomic mass is 16.5. The molecule has 0 bridgehead atoms. The molecule has 0 fully saturated rings. The lowest BCUT2D eigenvalue weighted by Crippen LogP contribution is -2.05. The Morgan fingerprint density at radius 1 is 0.909 bits per heavy atom. The maximum Gasteiger partial charge on any atom is 0.335 e. The summed E-state index contributed by atoms with van der Waals surface area (Å²) in [5.74, 6) is -0.470. The van der Waals surface area contributed by atoms with Crippen molar-refractivity contribution in [2.45, 2.75) is 19.3 Å². The van der Waals surface area contributed by atoms with E-state index in [-0.39, 0.29) is 28.2 Å². The van der Waals surface area contributed by atoms with E-state index in [1.54, 1.807) is 25.3 Å². The second kappa shape index (κ2) is 11.5. The van der Waals surface area contributed by atoms with E-state index in [0.29, 0.717) is 12.4 Å². The van der Waals surface area contributed by atoms with E-state index < -0.39 is 5.97 Å². The van der Waals surface area contributed by atoms with Gasteiger partial charge in [-0.25, -0.2) is 4.79 Å². The molecule has 3 aromatic rings. The number of ether oxygens (including phenoxy) is 2. The number of hydrogen-bond donors (Lipinski definition) is 2. The monoisotopic (exact) mass is 446 g/mol. The molecule has 0 saturated heterocycles. The number of rotatable bonds is 11. The molecule has 0 spiro atoms. The van der Waals surface area contributed by atoms with Crippen LogP contribution in [0.2, 0.25) is 0 Å². The first kappa shape index (κ1) is 23.6. The smallest absolute Gasteiger partial charge is 0.335 e. The van der Waals surface area contributed by atoms with Crippen LogP contribution in [0.3, 0.4) is 0 Å². The SMILES string of the molecule is COc1ccc(/C=C/CCCCOc2ccc(C(=O)c3cccc(C(=O)O)c3)cc2O)cc1. The summed E-state index contributed by atoms with van der Waals surface area (Å²) in [5.41, 5.74) is 1.64. The average Bonchev–Trinajstić information content (AvgIpc) is 2.84. The average molecular weight is 446 g/mol. The van der Waals surface area contributed by atoms with Gasteiger partial charge in [0.2, 0.25) is 0 Å². The third-order valence-electron chi connectivity index (χ3n) is 5.04. The third kappa shape index (κ3) is 6.71. The fourth-order valence-electron chi connectivity index (χ4n) is 3.22. The summed E-state index contributed by atoms with van der Waals surface area (Å²) in [6.07, 6.45) is 6.83. The summed E-state index contributed by atoms with van der Waals surface area (Å²) in [6, 6.07) is 18.1. The topological polar surface area (TPSA) is 93.1 Å². The Kier molecular flexibility index (Phi) is 8.24. The molecule has 33 heavy (non-hydrogen) atoms. The van der Waals surface area contributed by atoms with Crippen molar-refractivity contribution < 1.29 is 29.3 Å². The zero-order valence-electron chi connectivity index (χ0n) is 18.4. The number of carboxylic acids is 1. The minimum atomic E-state index is -1.10. The van der Waals surface area contributed by atoms with Gasteiger partial charge in [0.1, 0.15) is 5.75 Å². The Morgan fingerprint density at radius 2 is 1.64 bits per heavy atom. The molecule has 0 aromatic heterocycles. The van der Waals surface area contributed by atoms with Gasteiger partial charge in [-0.15, -0.1) is 0 Å². The normalized spacial score (nSPS) is 10.8. The van der Waals surface area contributed by atoms with Crippen molar-refractivity contribution in [2.75, 3.05) is 13.7 Å². The van der Waals surface area contributed by atoms with Crippen LogP contribution in [0, 0.1) is 0 Å². The van der Waals surface area contributed by atoms with Gasteiger partial charge in [0.25, 0.3) is 0 Å². The van der Waals surface area contributed by atoms with Crippen molar-refractivity contribution in [2.24, 2.45) is 0 Å². The second-order valence-electron chi connectivity index (χ2n) is 7.42. The molecular formula is C27H26O6. The van der Waals surface area contributed by atoms with Crippen molar-refractivity contribution in [1.29, 1.82) is 0 Å². The van der Waals surface area contributed by atoms with Crippen molar-refractivity contribution in [3.63, 3.8) is 0 Å². The van der Waals surface area contributed by atoms with Gasteiger partial charge in [-0.3, -0.25) is 4.79 Å². The number of aromatic hydroxyl groups is 1. The highest BCUT2D eigenvalue weighted by molar-refractivity contribution is 6.10. The van der Waals surface area contributed by atoms with E-state index in [4.69, 9.17) is 14.6 Å². The standard InChI is InChI=1S/C27H26O6/c1-32-23-13-10-19(11-14-23)7-4-2-3-5-16-33-25-15-12-21(18-24(25)28)26(29)20-8-6-9-22(17-20)27(30)31/h4,6-15,17-18,28H,2-3,5,16H2,1H3,(H,30,31)/b7-4+. The molecule has 6 nitrogen and oxygen atoms in total. The molecule has 170 valence electrons. The van der Waals surface area contributed by atoms with Crippen LogP contribution in [0.5, 0.6) is 17.2 Å². The zero-order valence-corrected chi connectivity index (χ0v) is 18.4. The van der Waals surface area contributed by atoms with Gasteiger partial charge in [0.15, 0.2) is 17.3 Å². The number of phenolic OH excluding ortho intramolecular Hbond substituents is 1. The van der Waals surface area contributed by atoms with Gasteiger partial charge in [-0.05, 0) is 67.3 Å². The molecular weight excluding hydrogens is 420 g/mol. The molecule has 0 heterocycles. The summed E-state index contributed by atoms with van der Waals surface area (Å²) in [7, 11) is 1.64. The first-order valence-electron chi connectivity index (χ1n) is 10.6. The second-order valence-corrected chi connectivity index (χ2v) is 7.42. The van der Waals surface area contributed by atoms with Crippen LogP contribution in [0.15, 0.2) is 72.8 Å². The van der Waals surface area contributed by atoms with Crippen LogP contribution in [0.1, 0.15) is 51.1 Å². The Morgan fingerprint density at radius 3 is 2.33 bits per heavy atom. The van der Waals surface area contributed by atoms with E-state index in [0.717, 1.165) is 30.6 Å². The number of carboxylic acid groups (broad SMARTS) is 1. The van der Waals surface area contributed by atoms with Crippen LogP contribution in [-0.4, -0.2) is 35.7 Å². The maximum absolute atomic E-state index is 12.6. The quantitative estimate of drug-likeness (QED) is 0.294. The summed E-state index contributed by atoms with van der Waals surface area (Å²) in [6.45, 7) is 0.442. The summed E-state index contributed by atoms with van der Waals surface area (Å²) in [4.78, 5) is 23.7. The van der Waals surface area contributed by atoms with Crippen LogP contribution >= 0.6 is 0 Å². The number of ketones is 1. The lowest BCUT2D eigenvalue weighted by molar-refractivity contribution is 0.0697. The van der Waals surface area contributed by atoms with Gasteiger partial charge < -0.3 is 19.7 Å². The number of aromatic carboxylic acids is 1. The van der Waals surface area contributed by atoms with E-state index in [1.807, 2.05) is 24.3 Å². The minimum Gasteiger partial charge on any atom is -0.504 e. The summed E-state index contributed by atoms with van der Waals surface area (Å²) in [5, 5.41) is 19.3. The highest BCUT2D eigenvalue weighted by Gasteiger charge is 2.14. The number of phenols is 1. The number of benzene rings is 3. The molecule has 0 amide bonds. The van der Waals surface area contributed by atoms with E-state index in [9.17, 15) is 14.7 Å². The Labute approximate surface area is 192 Å². The van der Waals surface area contributed by atoms with Crippen molar-refractivity contribution in [3.8, 4) is 17.2 Å². The molecule has 0 aliphatic heterocycles. The minimum absolute atomic E-state index is 0.0314. The predicted molar refractivity (Wildman–Crippen MR) is 126 cm³/mol. The Balaban J connectivity index is 1.46. The number of hydrogen-bond acceptors (Lipinski definition) is 5. The Hall–Kier alpha value is -4.06. The fraction of sp³-hybridized carbons (Fsp3) is 0.185. The van der Waals surface area contributed by atoms with Gasteiger partial charge in [0, 0.05) is 11.1 Å². The molecule has 0 saturated carbocycles. The number of carbonyl (C=O) groups excluding carboxylic acids is 1. The van der Waals surface area contributed by atoms with Crippen LogP contribution < -0.4 is 9.47 Å². The molecule has 3 aromatic carbocycles. The molecule has 3 rings (SSSR count). The molecule has 0 aliphatic carbocycles. The summed E-state index contributed by atoms with van der Waals surface area (Å²) >= 11 is 0. The first-order chi connectivity index (χ1) is 16.0. The number of unbranched alkanes of at least 4 members (excludes halogenated alkanes) is 2. The first-order valence-corrected chi connectivity index (χ1v) is 10.6. The Bertz CT molecular complexity index is 1130. The molecule has 0 atom stereocenters. The number of methoxy groups -OCH3 is 1. The molecule has 2 N–H and O–H groups in total. The number of carbonyl (C=O) groups is 2. The van der Waals surface area contributed by atoms with Crippen molar-refractivity contribution in [3.05, 3.63) is 95.1 Å². The lowest BCUT2D eigenvalue weighted by atomic mass is 10.0. The van der Waals surface area contributed by atoms with Gasteiger partial charge in [-0.1, -0.05) is 36.4 Å². The number of allylic oxidation sites excluding steroid dienone is 1. The van der Waals surface area contributed by atoms with Crippen LogP contribution in [-0.2, 0) is 0 Å². The molecule has 0 radical (unpaired) electrons. The largest absolute Gasteiger partial charge is 0.504 e. The van der Waals surface area contributed by atoms with Crippen LogP contribution in [0.25, 0.3) is 6.08 Å². The van der Waals surface area contributed by atoms with Crippen LogP contribution in [0.4, 0.5) is 0 Å². The lowest BCUT2D eigenvalue weighted by Gasteiger charge is -2.09. The molecule has 0 unspecified atom stereocenters. The van der Waals surface area contributed by atoms with Gasteiger partial charge in [-0.2, -0.15) is 0 Å². The zero-order chi connectivity index (χ0) is 23.6. The van der Waals surface area contributed by atoms with Crippen molar-refractivity contribution >= 4 is 17.8 Å². The van der Waals surface area contributed by atoms with Gasteiger partial charge >= 0.3 is 5.97 Å². The summed E-state index contributed by atoms with van der Waals surface area (Å²) < 4.78 is 10.8. The van der Waals surface area contributed by atoms with Gasteiger partial charge in [0.05, 0.1) is 19.3 Å². The van der Waals surface area contributed by atoms with E-state index >= 15 is 0 Å². The maximum atomic E-state index is 12.6. The molecule has 0 aliphatic rings. The highest BCUT2D eigenvalue weighted by Crippen LogP contribution is 2.28. The third-order valence-corrected chi connectivity index (χ3v) is 5.04. The van der Waals surface area contributed by atoms with E-state index in [1.165, 1.54) is 24.3 Å². The van der Waals surface area contributed by atoms with E-state index in [2.05, 4.69) is 12.2 Å². The van der Waals surface area contributed by atoms with Crippen molar-refractivity contribution in [1.82, 2.24) is 0 Å². The fourth-order valence-corrected chi connectivity index (χ4v) is 3.22.